The zero-order valence-electron chi connectivity index (χ0n) is 7.58. The van der Waals surface area contributed by atoms with E-state index in [4.69, 9.17) is 10.1 Å². The maximum Gasteiger partial charge on any atom is 0.130 e. The van der Waals surface area contributed by atoms with E-state index in [1.807, 2.05) is 30.3 Å². The second-order valence-corrected chi connectivity index (χ2v) is 3.43. The number of nitrogens with one attached hydrogen (secondary N) is 1. The largest absolute Gasteiger partial charge is 0.487 e. The quantitative estimate of drug-likeness (QED) is 0.669. The van der Waals surface area contributed by atoms with Crippen molar-refractivity contribution in [3.05, 3.63) is 42.0 Å². The van der Waals surface area contributed by atoms with Gasteiger partial charge in [-0.3, -0.25) is 0 Å². The van der Waals surface area contributed by atoms with Gasteiger partial charge < -0.3 is 10.1 Å². The minimum absolute atomic E-state index is 0.406. The molecule has 0 aliphatic carbocycles. The topological polar surface area (TPSA) is 33.1 Å². The van der Waals surface area contributed by atoms with Crippen molar-refractivity contribution in [2.45, 2.75) is 0 Å². The van der Waals surface area contributed by atoms with Gasteiger partial charge >= 0.3 is 0 Å². The van der Waals surface area contributed by atoms with Gasteiger partial charge in [0.2, 0.25) is 0 Å². The number of benzene rings is 2. The van der Waals surface area contributed by atoms with Crippen molar-refractivity contribution in [1.82, 2.24) is 0 Å². The van der Waals surface area contributed by atoms with Crippen LogP contribution < -0.4 is 4.74 Å². The summed E-state index contributed by atoms with van der Waals surface area (Å²) in [6.45, 7) is 0.406. The monoisotopic (exact) mass is 183 g/mol. The second-order valence-electron chi connectivity index (χ2n) is 3.43. The Morgan fingerprint density at radius 2 is 1.93 bits per heavy atom. The molecule has 1 aliphatic rings. The molecule has 0 aromatic heterocycles. The van der Waals surface area contributed by atoms with Crippen LogP contribution in [0.25, 0.3) is 10.8 Å². The summed E-state index contributed by atoms with van der Waals surface area (Å²) in [4.78, 5) is 0. The molecule has 0 amide bonds. The van der Waals surface area contributed by atoms with Gasteiger partial charge in [0.05, 0.1) is 5.71 Å². The van der Waals surface area contributed by atoms with Crippen LogP contribution in [-0.2, 0) is 0 Å². The van der Waals surface area contributed by atoms with Crippen LogP contribution in [0.2, 0.25) is 0 Å². The molecule has 0 unspecified atom stereocenters. The molecule has 0 saturated heterocycles. The van der Waals surface area contributed by atoms with Crippen molar-refractivity contribution in [3.63, 3.8) is 0 Å². The molecule has 68 valence electrons. The molecule has 2 heteroatoms. The van der Waals surface area contributed by atoms with Crippen LogP contribution in [0.15, 0.2) is 36.4 Å². The zero-order valence-corrected chi connectivity index (χ0v) is 7.58. The molecule has 1 N–H and O–H groups in total. The summed E-state index contributed by atoms with van der Waals surface area (Å²) in [5, 5.41) is 10.1. The standard InChI is InChI=1S/C12H9NO/c13-10-7-14-11-6-5-8-3-1-2-4-9(8)12(10)11/h1-6,13H,7H2. The predicted octanol–water partition coefficient (Wildman–Crippen LogP) is 2.60. The summed E-state index contributed by atoms with van der Waals surface area (Å²) in [5.41, 5.74) is 1.54. The van der Waals surface area contributed by atoms with Crippen molar-refractivity contribution in [2.24, 2.45) is 0 Å². The fourth-order valence-corrected chi connectivity index (χ4v) is 1.91. The molecule has 0 saturated carbocycles. The Morgan fingerprint density at radius 3 is 2.86 bits per heavy atom. The van der Waals surface area contributed by atoms with Gasteiger partial charge in [-0.15, -0.1) is 0 Å². The first kappa shape index (κ1) is 7.56. The molecule has 14 heavy (non-hydrogen) atoms. The van der Waals surface area contributed by atoms with E-state index in [9.17, 15) is 0 Å². The van der Waals surface area contributed by atoms with Crippen LogP contribution in [0.3, 0.4) is 0 Å². The van der Waals surface area contributed by atoms with Crippen LogP contribution >= 0.6 is 0 Å². The first-order chi connectivity index (χ1) is 6.86. The lowest BCUT2D eigenvalue weighted by molar-refractivity contribution is 0.392. The molecule has 1 aliphatic heterocycles. The summed E-state index contributed by atoms with van der Waals surface area (Å²) in [7, 11) is 0. The van der Waals surface area contributed by atoms with Crippen molar-refractivity contribution in [2.75, 3.05) is 6.61 Å². The maximum absolute atomic E-state index is 7.79. The van der Waals surface area contributed by atoms with E-state index in [0.717, 1.165) is 16.7 Å². The highest BCUT2D eigenvalue weighted by molar-refractivity contribution is 6.14. The SMILES string of the molecule is N=C1COc2ccc3ccccc3c21. The van der Waals surface area contributed by atoms with Crippen molar-refractivity contribution in [1.29, 1.82) is 5.41 Å². The number of hydrogen-bond acceptors (Lipinski definition) is 2. The van der Waals surface area contributed by atoms with E-state index in [1.54, 1.807) is 0 Å². The first-order valence-electron chi connectivity index (χ1n) is 4.58. The summed E-state index contributed by atoms with van der Waals surface area (Å²) < 4.78 is 5.39. The minimum Gasteiger partial charge on any atom is -0.487 e. The Morgan fingerprint density at radius 1 is 1.07 bits per heavy atom. The first-order valence-corrected chi connectivity index (χ1v) is 4.58. The number of hydrogen-bond donors (Lipinski definition) is 1. The fraction of sp³-hybridized carbons (Fsp3) is 0.0833. The van der Waals surface area contributed by atoms with Crippen molar-refractivity contribution in [3.8, 4) is 5.75 Å². The number of ether oxygens (including phenoxy) is 1. The molecule has 3 rings (SSSR count). The molecular weight excluding hydrogens is 174 g/mol. The molecule has 0 bridgehead atoms. The van der Waals surface area contributed by atoms with Crippen LogP contribution in [-0.4, -0.2) is 12.3 Å². The average molecular weight is 183 g/mol. The van der Waals surface area contributed by atoms with Gasteiger partial charge in [-0.05, 0) is 16.8 Å². The van der Waals surface area contributed by atoms with E-state index in [-0.39, 0.29) is 0 Å². The molecule has 2 nitrogen and oxygen atoms in total. The molecule has 0 spiro atoms. The maximum atomic E-state index is 7.79. The Bertz CT molecular complexity index is 531. The van der Waals surface area contributed by atoms with Crippen LogP contribution in [0.4, 0.5) is 0 Å². The van der Waals surface area contributed by atoms with E-state index in [0.29, 0.717) is 12.3 Å². The summed E-state index contributed by atoms with van der Waals surface area (Å²) in [6.07, 6.45) is 0. The lowest BCUT2D eigenvalue weighted by Crippen LogP contribution is -1.99. The summed E-state index contributed by atoms with van der Waals surface area (Å²) >= 11 is 0. The Kier molecular flexibility index (Phi) is 1.39. The Hall–Kier alpha value is -1.83. The lowest BCUT2D eigenvalue weighted by atomic mass is 10.0. The molecule has 2 aromatic carbocycles. The minimum atomic E-state index is 0.406. The van der Waals surface area contributed by atoms with E-state index >= 15 is 0 Å². The van der Waals surface area contributed by atoms with Crippen molar-refractivity contribution < 1.29 is 4.74 Å². The van der Waals surface area contributed by atoms with Crippen molar-refractivity contribution >= 4 is 16.5 Å². The molecular formula is C12H9NO. The second kappa shape index (κ2) is 2.58. The Labute approximate surface area is 81.6 Å². The normalized spacial score (nSPS) is 14.1. The van der Waals surface area contributed by atoms with E-state index < -0.39 is 0 Å². The van der Waals surface area contributed by atoms with Crippen LogP contribution in [0.5, 0.6) is 5.75 Å². The Balaban J connectivity index is 2.47. The van der Waals surface area contributed by atoms with Gasteiger partial charge in [-0.1, -0.05) is 30.3 Å². The summed E-state index contributed by atoms with van der Waals surface area (Å²) in [6, 6.07) is 12.1. The number of rotatable bonds is 0. The molecule has 2 aromatic rings. The van der Waals surface area contributed by atoms with Gasteiger partial charge in [-0.25, -0.2) is 0 Å². The van der Waals surface area contributed by atoms with Gasteiger partial charge in [0, 0.05) is 5.56 Å². The highest BCUT2D eigenvalue weighted by atomic mass is 16.5. The van der Waals surface area contributed by atoms with Gasteiger partial charge in [0.25, 0.3) is 0 Å². The van der Waals surface area contributed by atoms with Gasteiger partial charge in [0.1, 0.15) is 12.4 Å². The third-order valence-electron chi connectivity index (χ3n) is 2.56. The zero-order chi connectivity index (χ0) is 9.54. The summed E-state index contributed by atoms with van der Waals surface area (Å²) in [5.74, 6) is 0.841. The van der Waals surface area contributed by atoms with Gasteiger partial charge in [0.15, 0.2) is 0 Å². The highest BCUT2D eigenvalue weighted by Crippen LogP contribution is 2.31. The highest BCUT2D eigenvalue weighted by Gasteiger charge is 2.19. The average Bonchev–Trinajstić information content (AvgIpc) is 2.61. The molecule has 0 fully saturated rings. The van der Waals surface area contributed by atoms with E-state index in [2.05, 4.69) is 6.07 Å². The van der Waals surface area contributed by atoms with Crippen LogP contribution in [0, 0.1) is 5.41 Å². The third-order valence-corrected chi connectivity index (χ3v) is 2.56. The molecule has 0 atom stereocenters. The van der Waals surface area contributed by atoms with Gasteiger partial charge in [-0.2, -0.15) is 0 Å². The molecule has 1 heterocycles. The smallest absolute Gasteiger partial charge is 0.130 e. The lowest BCUT2D eigenvalue weighted by Gasteiger charge is -2.02. The molecule has 0 radical (unpaired) electrons. The number of fused-ring (bicyclic) bond motifs is 3. The predicted molar refractivity (Wildman–Crippen MR) is 56.3 cm³/mol. The fourth-order valence-electron chi connectivity index (χ4n) is 1.91. The van der Waals surface area contributed by atoms with E-state index in [1.165, 1.54) is 5.39 Å². The third kappa shape index (κ3) is 0.880. The van der Waals surface area contributed by atoms with Crippen LogP contribution in [0.1, 0.15) is 5.56 Å².